The van der Waals surface area contributed by atoms with Gasteiger partial charge in [0.15, 0.2) is 0 Å². The van der Waals surface area contributed by atoms with Gasteiger partial charge >= 0.3 is 0 Å². The first-order valence-corrected chi connectivity index (χ1v) is 13.9. The molecule has 2 heterocycles. The maximum atomic E-state index is 13.6. The van der Waals surface area contributed by atoms with E-state index in [1.165, 1.54) is 10.9 Å². The van der Waals surface area contributed by atoms with Crippen LogP contribution < -0.4 is 10.7 Å². The number of nitro benzene ring substituents is 1. The highest BCUT2D eigenvalue weighted by Crippen LogP contribution is 2.39. The molecule has 0 aliphatic heterocycles. The third-order valence-corrected chi connectivity index (χ3v) is 8.29. The number of aryl methyl sites for hydroxylation is 2. The molecule has 0 atom stereocenters. The van der Waals surface area contributed by atoms with Gasteiger partial charge in [-0.25, -0.2) is 5.43 Å². The number of rotatable bonds is 8. The number of nitrogens with one attached hydrogen (secondary N) is 2. The number of benzene rings is 2. The van der Waals surface area contributed by atoms with Crippen LogP contribution in [0.15, 0.2) is 65.8 Å². The van der Waals surface area contributed by atoms with Crippen molar-refractivity contribution in [2.75, 3.05) is 5.32 Å². The highest BCUT2D eigenvalue weighted by atomic mass is 32.1. The van der Waals surface area contributed by atoms with Crippen LogP contribution in [0, 0.1) is 24.0 Å². The van der Waals surface area contributed by atoms with Crippen molar-refractivity contribution in [3.05, 3.63) is 109 Å². The number of hydrazone groups is 1. The van der Waals surface area contributed by atoms with E-state index in [2.05, 4.69) is 20.4 Å². The predicted molar refractivity (Wildman–Crippen MR) is 157 cm³/mol. The van der Waals surface area contributed by atoms with E-state index < -0.39 is 10.8 Å². The molecule has 2 aromatic heterocycles. The molecule has 2 amide bonds. The molecule has 0 bridgehead atoms. The number of nitro groups is 1. The molecule has 0 spiro atoms. The van der Waals surface area contributed by atoms with Gasteiger partial charge in [-0.2, -0.15) is 5.10 Å². The Labute approximate surface area is 235 Å². The van der Waals surface area contributed by atoms with Gasteiger partial charge in [0.05, 0.1) is 23.1 Å². The number of carbonyl (C=O) groups is 2. The monoisotopic (exact) mass is 555 g/mol. The lowest BCUT2D eigenvalue weighted by Crippen LogP contribution is -2.20. The molecule has 2 N–H and O–H groups in total. The van der Waals surface area contributed by atoms with Crippen LogP contribution in [-0.2, 0) is 24.1 Å². The van der Waals surface area contributed by atoms with Crippen LogP contribution >= 0.6 is 11.3 Å². The second kappa shape index (κ2) is 11.7. The van der Waals surface area contributed by atoms with Gasteiger partial charge in [0.2, 0.25) is 5.91 Å². The molecule has 204 valence electrons. The zero-order valence-corrected chi connectivity index (χ0v) is 23.1. The fourth-order valence-electron chi connectivity index (χ4n) is 5.11. The molecule has 0 saturated heterocycles. The maximum absolute atomic E-state index is 13.6. The summed E-state index contributed by atoms with van der Waals surface area (Å²) in [4.78, 5) is 38.0. The molecule has 10 heteroatoms. The van der Waals surface area contributed by atoms with Crippen LogP contribution in [-0.4, -0.2) is 27.5 Å². The van der Waals surface area contributed by atoms with E-state index in [1.807, 2.05) is 50.2 Å². The fourth-order valence-corrected chi connectivity index (χ4v) is 6.61. The lowest BCUT2D eigenvalue weighted by atomic mass is 9.95. The summed E-state index contributed by atoms with van der Waals surface area (Å²) in [5.74, 6) is -0.573. The Balaban J connectivity index is 1.40. The minimum Gasteiger partial charge on any atom is -0.322 e. The molecule has 0 unspecified atom stereocenters. The van der Waals surface area contributed by atoms with Gasteiger partial charge in [-0.05, 0) is 63.3 Å². The highest BCUT2D eigenvalue weighted by molar-refractivity contribution is 7.15. The molecule has 0 saturated carbocycles. The van der Waals surface area contributed by atoms with Crippen LogP contribution in [0.4, 0.5) is 11.4 Å². The standard InChI is InChI=1S/C30H29N5O4S/c1-19-16-22(18-31-33-27(36)17-21-10-6-8-14-25(21)35(38)39)20(2)34(19)30-28(24-13-7-9-15-26(24)40-30)29(37)32-23-11-4-3-5-12-23/h3-6,8,10-12,14,16,18H,7,9,13,15,17H2,1-2H3,(H,32,37)(H,33,36)/b31-18+. The number of hydrogen-bond acceptors (Lipinski definition) is 6. The number of amides is 2. The molecule has 0 radical (unpaired) electrons. The Morgan fingerprint density at radius 2 is 1.80 bits per heavy atom. The second-order valence-electron chi connectivity index (χ2n) is 9.73. The van der Waals surface area contributed by atoms with E-state index in [1.54, 1.807) is 35.8 Å². The summed E-state index contributed by atoms with van der Waals surface area (Å²) < 4.78 is 2.08. The summed E-state index contributed by atoms with van der Waals surface area (Å²) in [6.07, 6.45) is 5.41. The normalized spacial score (nSPS) is 12.8. The first-order chi connectivity index (χ1) is 19.3. The summed E-state index contributed by atoms with van der Waals surface area (Å²) in [5.41, 5.74) is 7.92. The summed E-state index contributed by atoms with van der Waals surface area (Å²) in [6, 6.07) is 17.6. The lowest BCUT2D eigenvalue weighted by Gasteiger charge is -2.14. The zero-order chi connectivity index (χ0) is 28.2. The molecule has 1 aliphatic carbocycles. The van der Waals surface area contributed by atoms with Crippen LogP contribution in [0.2, 0.25) is 0 Å². The lowest BCUT2D eigenvalue weighted by molar-refractivity contribution is -0.385. The molecule has 5 rings (SSSR count). The number of aromatic nitrogens is 1. The van der Waals surface area contributed by atoms with E-state index in [9.17, 15) is 19.7 Å². The number of para-hydroxylation sites is 2. The number of carbonyl (C=O) groups excluding carboxylic acids is 2. The topological polar surface area (TPSA) is 119 Å². The van der Waals surface area contributed by atoms with Crippen molar-refractivity contribution in [3.63, 3.8) is 0 Å². The molecule has 0 fully saturated rings. The number of hydrogen-bond donors (Lipinski definition) is 2. The largest absolute Gasteiger partial charge is 0.322 e. The van der Waals surface area contributed by atoms with Crippen molar-refractivity contribution in [2.45, 2.75) is 46.0 Å². The van der Waals surface area contributed by atoms with Gasteiger partial charge in [0.1, 0.15) is 5.00 Å². The number of nitrogens with zero attached hydrogens (tertiary/aromatic N) is 3. The number of anilines is 1. The Morgan fingerprint density at radius 1 is 1.07 bits per heavy atom. The van der Waals surface area contributed by atoms with Gasteiger partial charge < -0.3 is 9.88 Å². The predicted octanol–water partition coefficient (Wildman–Crippen LogP) is 5.89. The Morgan fingerprint density at radius 3 is 2.58 bits per heavy atom. The third-order valence-electron chi connectivity index (χ3n) is 7.02. The second-order valence-corrected chi connectivity index (χ2v) is 10.8. The van der Waals surface area contributed by atoms with Crippen LogP contribution in [0.5, 0.6) is 0 Å². The minimum atomic E-state index is -0.502. The van der Waals surface area contributed by atoms with Gasteiger partial charge in [-0.1, -0.05) is 36.4 Å². The van der Waals surface area contributed by atoms with Gasteiger partial charge in [-0.3, -0.25) is 19.7 Å². The van der Waals surface area contributed by atoms with Crippen LogP contribution in [0.1, 0.15) is 56.2 Å². The first-order valence-electron chi connectivity index (χ1n) is 13.1. The summed E-state index contributed by atoms with van der Waals surface area (Å²) >= 11 is 1.66. The Hall–Kier alpha value is -4.57. The molecule has 2 aromatic carbocycles. The van der Waals surface area contributed by atoms with Crippen molar-refractivity contribution in [1.82, 2.24) is 9.99 Å². The molecule has 40 heavy (non-hydrogen) atoms. The zero-order valence-electron chi connectivity index (χ0n) is 22.3. The molecular weight excluding hydrogens is 526 g/mol. The molecule has 9 nitrogen and oxygen atoms in total. The van der Waals surface area contributed by atoms with Gasteiger partial charge in [-0.15, -0.1) is 11.3 Å². The summed E-state index contributed by atoms with van der Waals surface area (Å²) in [6.45, 7) is 3.94. The van der Waals surface area contributed by atoms with Crippen LogP contribution in [0.3, 0.4) is 0 Å². The quantitative estimate of drug-likeness (QED) is 0.160. The first kappa shape index (κ1) is 27.0. The van der Waals surface area contributed by atoms with E-state index in [-0.39, 0.29) is 18.0 Å². The van der Waals surface area contributed by atoms with E-state index in [0.717, 1.165) is 58.9 Å². The summed E-state index contributed by atoms with van der Waals surface area (Å²) in [7, 11) is 0. The highest BCUT2D eigenvalue weighted by Gasteiger charge is 2.28. The fraction of sp³-hybridized carbons (Fsp3) is 0.233. The Kier molecular flexibility index (Phi) is 7.88. The van der Waals surface area contributed by atoms with Crippen molar-refractivity contribution in [2.24, 2.45) is 5.10 Å². The average Bonchev–Trinajstić information content (AvgIpc) is 3.45. The number of thiophene rings is 1. The van der Waals surface area contributed by atoms with Crippen molar-refractivity contribution in [1.29, 1.82) is 0 Å². The van der Waals surface area contributed by atoms with Gasteiger partial charge in [0, 0.05) is 39.1 Å². The van der Waals surface area contributed by atoms with E-state index >= 15 is 0 Å². The van der Waals surface area contributed by atoms with Gasteiger partial charge in [0.25, 0.3) is 11.6 Å². The SMILES string of the molecule is Cc1cc(/C=N/NC(=O)Cc2ccccc2[N+](=O)[O-])c(C)n1-c1sc2c(c1C(=O)Nc1ccccc1)CCCC2. The van der Waals surface area contributed by atoms with E-state index in [4.69, 9.17) is 0 Å². The maximum Gasteiger partial charge on any atom is 0.273 e. The molecular formula is C30H29N5O4S. The van der Waals surface area contributed by atoms with Crippen molar-refractivity contribution >= 4 is 40.7 Å². The Bertz CT molecular complexity index is 1620. The van der Waals surface area contributed by atoms with Crippen molar-refractivity contribution < 1.29 is 14.5 Å². The smallest absolute Gasteiger partial charge is 0.273 e. The third kappa shape index (κ3) is 5.57. The van der Waals surface area contributed by atoms with Crippen molar-refractivity contribution in [3.8, 4) is 5.00 Å². The summed E-state index contributed by atoms with van der Waals surface area (Å²) in [5, 5.41) is 19.3. The average molecular weight is 556 g/mol. The number of fused-ring (bicyclic) bond motifs is 1. The van der Waals surface area contributed by atoms with E-state index in [0.29, 0.717) is 11.1 Å². The van der Waals surface area contributed by atoms with Crippen LogP contribution in [0.25, 0.3) is 5.00 Å². The minimum absolute atomic E-state index is 0.101. The molecule has 1 aliphatic rings. The molecule has 4 aromatic rings.